The molecule has 140 valence electrons. The van der Waals surface area contributed by atoms with Gasteiger partial charge in [0.15, 0.2) is 0 Å². The molecule has 2 saturated carbocycles. The lowest BCUT2D eigenvalue weighted by Crippen LogP contribution is -2.44. The second kappa shape index (κ2) is 8.34. The fourth-order valence-corrected chi connectivity index (χ4v) is 4.68. The third-order valence-electron chi connectivity index (χ3n) is 6.18. The summed E-state index contributed by atoms with van der Waals surface area (Å²) in [7, 11) is 0. The van der Waals surface area contributed by atoms with Crippen LogP contribution in [-0.2, 0) is 6.54 Å². The molecule has 1 aromatic heterocycles. The third-order valence-corrected chi connectivity index (χ3v) is 6.18. The van der Waals surface area contributed by atoms with Gasteiger partial charge in [0, 0.05) is 17.6 Å². The quantitative estimate of drug-likeness (QED) is 0.710. The summed E-state index contributed by atoms with van der Waals surface area (Å²) in [5.74, 6) is 1.49. The van der Waals surface area contributed by atoms with Crippen LogP contribution in [0.15, 0.2) is 28.8 Å². The second-order valence-electron chi connectivity index (χ2n) is 8.13. The molecular weight excluding hydrogens is 322 g/mol. The molecule has 2 aliphatic rings. The van der Waals surface area contributed by atoms with Crippen molar-refractivity contribution in [2.24, 2.45) is 0 Å². The molecule has 2 fully saturated rings. The number of hydrogen-bond acceptors (Lipinski definition) is 4. The molecule has 0 bridgehead atoms. The zero-order chi connectivity index (χ0) is 17.8. The lowest BCUT2D eigenvalue weighted by Gasteiger charge is -2.40. The molecule has 0 saturated heterocycles. The Balaban J connectivity index is 1.50. The standard InChI is InChI=1S/C22H31N3O/c1-17-12-14-18(15-13-17)22-23-21(26-24-22)16-25(19-8-4-2-5-9-19)20-10-6-3-7-11-20/h12-15,19-20H,2-11,16H2,1H3. The van der Waals surface area contributed by atoms with Crippen molar-refractivity contribution in [2.45, 2.75) is 89.8 Å². The van der Waals surface area contributed by atoms with Crippen LogP contribution in [0.3, 0.4) is 0 Å². The molecule has 0 spiro atoms. The largest absolute Gasteiger partial charge is 0.338 e. The van der Waals surface area contributed by atoms with Crippen LogP contribution in [0.5, 0.6) is 0 Å². The summed E-state index contributed by atoms with van der Waals surface area (Å²) >= 11 is 0. The molecular formula is C22H31N3O. The Kier molecular flexibility index (Phi) is 5.68. The van der Waals surface area contributed by atoms with Gasteiger partial charge in [-0.3, -0.25) is 4.90 Å². The van der Waals surface area contributed by atoms with E-state index in [1.54, 1.807) is 0 Å². The van der Waals surface area contributed by atoms with E-state index in [9.17, 15) is 0 Å². The predicted octanol–water partition coefficient (Wildman–Crippen LogP) is 5.51. The van der Waals surface area contributed by atoms with E-state index >= 15 is 0 Å². The van der Waals surface area contributed by atoms with E-state index in [1.165, 1.54) is 69.8 Å². The minimum atomic E-state index is 0.696. The van der Waals surface area contributed by atoms with Crippen molar-refractivity contribution in [3.05, 3.63) is 35.7 Å². The Hall–Kier alpha value is -1.68. The maximum atomic E-state index is 5.66. The average molecular weight is 354 g/mol. The van der Waals surface area contributed by atoms with Gasteiger partial charge < -0.3 is 4.52 Å². The van der Waals surface area contributed by atoms with Crippen LogP contribution < -0.4 is 0 Å². The van der Waals surface area contributed by atoms with Gasteiger partial charge in [0.2, 0.25) is 11.7 Å². The highest BCUT2D eigenvalue weighted by Gasteiger charge is 2.30. The summed E-state index contributed by atoms with van der Waals surface area (Å²) in [4.78, 5) is 7.43. The zero-order valence-corrected chi connectivity index (χ0v) is 16.0. The molecule has 0 radical (unpaired) electrons. The van der Waals surface area contributed by atoms with Crippen molar-refractivity contribution in [1.82, 2.24) is 15.0 Å². The summed E-state index contributed by atoms with van der Waals surface area (Å²) < 4.78 is 5.66. The van der Waals surface area contributed by atoms with Crippen LogP contribution in [-0.4, -0.2) is 27.1 Å². The topological polar surface area (TPSA) is 42.2 Å². The lowest BCUT2D eigenvalue weighted by atomic mass is 9.88. The van der Waals surface area contributed by atoms with Crippen molar-refractivity contribution in [3.63, 3.8) is 0 Å². The van der Waals surface area contributed by atoms with Gasteiger partial charge in [0.05, 0.1) is 6.54 Å². The van der Waals surface area contributed by atoms with E-state index in [2.05, 4.69) is 41.2 Å². The SMILES string of the molecule is Cc1ccc(-c2noc(CN(C3CCCCC3)C3CCCCC3)n2)cc1. The normalized spacial score (nSPS) is 19.9. The van der Waals surface area contributed by atoms with E-state index < -0.39 is 0 Å². The number of nitrogens with zero attached hydrogens (tertiary/aromatic N) is 3. The summed E-state index contributed by atoms with van der Waals surface area (Å²) in [6.45, 7) is 2.91. The maximum absolute atomic E-state index is 5.66. The molecule has 2 aromatic rings. The van der Waals surface area contributed by atoms with Gasteiger partial charge in [-0.2, -0.15) is 4.98 Å². The van der Waals surface area contributed by atoms with E-state index in [0.717, 1.165) is 18.0 Å². The van der Waals surface area contributed by atoms with E-state index in [0.29, 0.717) is 17.9 Å². The number of rotatable bonds is 5. The molecule has 0 amide bonds. The van der Waals surface area contributed by atoms with Gasteiger partial charge in [-0.25, -0.2) is 0 Å². The van der Waals surface area contributed by atoms with Crippen LogP contribution in [0.4, 0.5) is 0 Å². The highest BCUT2D eigenvalue weighted by molar-refractivity contribution is 5.54. The number of aryl methyl sites for hydroxylation is 1. The van der Waals surface area contributed by atoms with Gasteiger partial charge in [-0.05, 0) is 32.6 Å². The molecule has 0 aliphatic heterocycles. The van der Waals surface area contributed by atoms with Crippen molar-refractivity contribution < 1.29 is 4.52 Å². The molecule has 4 nitrogen and oxygen atoms in total. The van der Waals surface area contributed by atoms with Crippen molar-refractivity contribution in [1.29, 1.82) is 0 Å². The van der Waals surface area contributed by atoms with E-state index in [1.807, 2.05) is 0 Å². The first kappa shape index (κ1) is 17.7. The Bertz CT molecular complexity index is 664. The van der Waals surface area contributed by atoms with Crippen molar-refractivity contribution in [3.8, 4) is 11.4 Å². The monoisotopic (exact) mass is 353 g/mol. The van der Waals surface area contributed by atoms with Gasteiger partial charge in [-0.1, -0.05) is 73.5 Å². The molecule has 0 atom stereocenters. The van der Waals surface area contributed by atoms with Crippen LogP contribution in [0, 0.1) is 6.92 Å². The summed E-state index contributed by atoms with van der Waals surface area (Å²) in [5, 5.41) is 4.25. The Morgan fingerprint density at radius 1 is 0.885 bits per heavy atom. The molecule has 0 unspecified atom stereocenters. The van der Waals surface area contributed by atoms with Gasteiger partial charge in [0.25, 0.3) is 0 Å². The van der Waals surface area contributed by atoms with Gasteiger partial charge in [-0.15, -0.1) is 0 Å². The molecule has 1 aromatic carbocycles. The van der Waals surface area contributed by atoms with Crippen LogP contribution in [0.1, 0.15) is 75.7 Å². The smallest absolute Gasteiger partial charge is 0.241 e. The highest BCUT2D eigenvalue weighted by Crippen LogP contribution is 2.31. The number of aromatic nitrogens is 2. The molecule has 4 heteroatoms. The first-order chi connectivity index (χ1) is 12.8. The third kappa shape index (κ3) is 4.17. The van der Waals surface area contributed by atoms with Crippen molar-refractivity contribution in [2.75, 3.05) is 0 Å². The van der Waals surface area contributed by atoms with Crippen LogP contribution in [0.2, 0.25) is 0 Å². The second-order valence-corrected chi connectivity index (χ2v) is 8.13. The summed E-state index contributed by atoms with van der Waals surface area (Å²) in [5.41, 5.74) is 2.28. The summed E-state index contributed by atoms with van der Waals surface area (Å²) in [6, 6.07) is 9.74. The lowest BCUT2D eigenvalue weighted by molar-refractivity contribution is 0.0625. The van der Waals surface area contributed by atoms with Gasteiger partial charge >= 0.3 is 0 Å². The van der Waals surface area contributed by atoms with Crippen molar-refractivity contribution >= 4 is 0 Å². The molecule has 2 aliphatic carbocycles. The molecule has 1 heterocycles. The Morgan fingerprint density at radius 3 is 2.04 bits per heavy atom. The minimum absolute atomic E-state index is 0.696. The molecule has 4 rings (SSSR count). The van der Waals surface area contributed by atoms with Crippen LogP contribution >= 0.6 is 0 Å². The fourth-order valence-electron chi connectivity index (χ4n) is 4.68. The minimum Gasteiger partial charge on any atom is -0.338 e. The first-order valence-corrected chi connectivity index (χ1v) is 10.4. The molecule has 26 heavy (non-hydrogen) atoms. The van der Waals surface area contributed by atoms with Crippen LogP contribution in [0.25, 0.3) is 11.4 Å². The maximum Gasteiger partial charge on any atom is 0.241 e. The summed E-state index contributed by atoms with van der Waals surface area (Å²) in [6.07, 6.45) is 13.6. The number of benzene rings is 1. The average Bonchev–Trinajstić information content (AvgIpc) is 3.17. The Labute approximate surface area is 157 Å². The van der Waals surface area contributed by atoms with Gasteiger partial charge in [0.1, 0.15) is 0 Å². The van der Waals surface area contributed by atoms with E-state index in [4.69, 9.17) is 9.51 Å². The fraction of sp³-hybridized carbons (Fsp3) is 0.636. The highest BCUT2D eigenvalue weighted by atomic mass is 16.5. The zero-order valence-electron chi connectivity index (χ0n) is 16.0. The van der Waals surface area contributed by atoms with E-state index in [-0.39, 0.29) is 0 Å². The first-order valence-electron chi connectivity index (χ1n) is 10.4. The molecule has 0 N–H and O–H groups in total. The Morgan fingerprint density at radius 2 is 1.46 bits per heavy atom. The predicted molar refractivity (Wildman–Crippen MR) is 104 cm³/mol. The number of hydrogen-bond donors (Lipinski definition) is 0.